The van der Waals surface area contributed by atoms with Gasteiger partial charge in [0.25, 0.3) is 5.91 Å². The summed E-state index contributed by atoms with van der Waals surface area (Å²) in [6.07, 6.45) is 2.45. The Morgan fingerprint density at radius 3 is 2.93 bits per heavy atom. The maximum atomic E-state index is 14.8. The highest BCUT2D eigenvalue weighted by atomic mass is 35.5. The standard InChI is InChI=1S/C21H24ClFN4O2S/c1-26-7-2-8-27(10-9-26)14-3-4-16(17(23)11-14)18-12-15(29-25-18)13-24-21(28)19-5-6-20(22)30-19/h3-6,11-12,15,25H,2,7-10,13H2,1H3,(H,24,28). The summed E-state index contributed by atoms with van der Waals surface area (Å²) in [5.74, 6) is -0.513. The van der Waals surface area contributed by atoms with E-state index in [4.69, 9.17) is 16.4 Å². The first-order chi connectivity index (χ1) is 14.5. The first-order valence-corrected chi connectivity index (χ1v) is 11.1. The molecule has 1 atom stereocenters. The Bertz CT molecular complexity index is 951. The molecule has 30 heavy (non-hydrogen) atoms. The van der Waals surface area contributed by atoms with Gasteiger partial charge in [-0.25, -0.2) is 4.39 Å². The maximum absolute atomic E-state index is 14.8. The number of amides is 1. The lowest BCUT2D eigenvalue weighted by Gasteiger charge is -2.23. The molecular weight excluding hydrogens is 427 g/mol. The number of nitrogens with zero attached hydrogens (tertiary/aromatic N) is 2. The molecule has 6 nitrogen and oxygen atoms in total. The molecule has 9 heteroatoms. The van der Waals surface area contributed by atoms with Crippen molar-refractivity contribution in [1.82, 2.24) is 15.7 Å². The molecule has 3 heterocycles. The molecule has 1 aromatic heterocycles. The van der Waals surface area contributed by atoms with Gasteiger partial charge in [-0.1, -0.05) is 11.6 Å². The fourth-order valence-electron chi connectivity index (χ4n) is 3.58. The topological polar surface area (TPSA) is 56.8 Å². The molecular formula is C21H24ClFN4O2S. The van der Waals surface area contributed by atoms with Gasteiger partial charge in [0.15, 0.2) is 0 Å². The van der Waals surface area contributed by atoms with Crippen molar-refractivity contribution in [1.29, 1.82) is 0 Å². The van der Waals surface area contributed by atoms with Crippen molar-refractivity contribution >= 4 is 40.2 Å². The second kappa shape index (κ2) is 9.34. The Hall–Kier alpha value is -2.13. The van der Waals surface area contributed by atoms with Gasteiger partial charge >= 0.3 is 0 Å². The molecule has 1 unspecified atom stereocenters. The summed E-state index contributed by atoms with van der Waals surface area (Å²) in [6, 6.07) is 8.66. The van der Waals surface area contributed by atoms with Crippen LogP contribution >= 0.6 is 22.9 Å². The molecule has 1 fully saturated rings. The third-order valence-corrected chi connectivity index (χ3v) is 6.49. The quantitative estimate of drug-likeness (QED) is 0.731. The van der Waals surface area contributed by atoms with Gasteiger partial charge in [-0.05, 0) is 56.4 Å². The number of carbonyl (C=O) groups is 1. The molecule has 1 amide bonds. The zero-order valence-corrected chi connectivity index (χ0v) is 18.2. The maximum Gasteiger partial charge on any atom is 0.261 e. The first-order valence-electron chi connectivity index (χ1n) is 9.90. The molecule has 2 aromatic rings. The molecule has 1 saturated heterocycles. The van der Waals surface area contributed by atoms with E-state index in [0.717, 1.165) is 38.3 Å². The summed E-state index contributed by atoms with van der Waals surface area (Å²) in [5, 5.41) is 2.80. The number of halogens is 2. The minimum absolute atomic E-state index is 0.212. The number of anilines is 1. The summed E-state index contributed by atoms with van der Waals surface area (Å²) < 4.78 is 15.4. The summed E-state index contributed by atoms with van der Waals surface area (Å²) >= 11 is 7.08. The Morgan fingerprint density at radius 2 is 2.17 bits per heavy atom. The van der Waals surface area contributed by atoms with E-state index in [0.29, 0.717) is 20.5 Å². The molecule has 0 saturated carbocycles. The van der Waals surface area contributed by atoms with Crippen molar-refractivity contribution in [3.8, 4) is 0 Å². The lowest BCUT2D eigenvalue weighted by molar-refractivity contribution is 0.0498. The van der Waals surface area contributed by atoms with Gasteiger partial charge in [-0.3, -0.25) is 15.1 Å². The monoisotopic (exact) mass is 450 g/mol. The zero-order valence-electron chi connectivity index (χ0n) is 16.7. The summed E-state index contributed by atoms with van der Waals surface area (Å²) in [6.45, 7) is 4.10. The molecule has 2 aliphatic rings. The van der Waals surface area contributed by atoms with Crippen LogP contribution in [-0.2, 0) is 4.84 Å². The Balaban J connectivity index is 1.38. The smallest absolute Gasteiger partial charge is 0.261 e. The Kier molecular flexibility index (Phi) is 6.58. The third-order valence-electron chi connectivity index (χ3n) is 5.26. The fraction of sp³-hybridized carbons (Fsp3) is 0.381. The van der Waals surface area contributed by atoms with Gasteiger partial charge in [0.05, 0.1) is 21.5 Å². The molecule has 2 aliphatic heterocycles. The average Bonchev–Trinajstić information content (AvgIpc) is 3.32. The van der Waals surface area contributed by atoms with Crippen LogP contribution in [0.5, 0.6) is 0 Å². The van der Waals surface area contributed by atoms with Crippen LogP contribution in [0.15, 0.2) is 36.4 Å². The molecule has 0 aliphatic carbocycles. The molecule has 4 rings (SSSR count). The highest BCUT2D eigenvalue weighted by Gasteiger charge is 2.22. The number of hydroxylamine groups is 1. The van der Waals surface area contributed by atoms with E-state index in [9.17, 15) is 9.18 Å². The van der Waals surface area contributed by atoms with Crippen molar-refractivity contribution in [2.45, 2.75) is 12.5 Å². The van der Waals surface area contributed by atoms with E-state index in [2.05, 4.69) is 27.6 Å². The number of hydrogen-bond donors (Lipinski definition) is 2. The Morgan fingerprint density at radius 1 is 1.30 bits per heavy atom. The number of hydrogen-bond acceptors (Lipinski definition) is 6. The van der Waals surface area contributed by atoms with Crippen molar-refractivity contribution in [3.05, 3.63) is 57.0 Å². The largest absolute Gasteiger partial charge is 0.370 e. The van der Waals surface area contributed by atoms with Crippen LogP contribution in [0.3, 0.4) is 0 Å². The molecule has 2 N–H and O–H groups in total. The van der Waals surface area contributed by atoms with Gasteiger partial charge in [0, 0.05) is 30.9 Å². The molecule has 0 spiro atoms. The van der Waals surface area contributed by atoms with Crippen molar-refractivity contribution in [3.63, 3.8) is 0 Å². The number of rotatable bonds is 5. The van der Waals surface area contributed by atoms with E-state index in [1.165, 1.54) is 11.3 Å². The lowest BCUT2D eigenvalue weighted by atomic mass is 10.1. The molecule has 0 bridgehead atoms. The fourth-order valence-corrected chi connectivity index (χ4v) is 4.54. The predicted octanol–water partition coefficient (Wildman–Crippen LogP) is 3.36. The number of nitrogens with one attached hydrogen (secondary N) is 2. The van der Waals surface area contributed by atoms with E-state index in [1.807, 2.05) is 6.07 Å². The summed E-state index contributed by atoms with van der Waals surface area (Å²) in [7, 11) is 2.11. The SMILES string of the molecule is CN1CCCN(c2ccc(C3=CC(CNC(=O)c4ccc(Cl)s4)ON3)c(F)c2)CC1. The first kappa shape index (κ1) is 21.1. The predicted molar refractivity (Wildman–Crippen MR) is 118 cm³/mol. The van der Waals surface area contributed by atoms with Crippen LogP contribution in [0.4, 0.5) is 10.1 Å². The van der Waals surface area contributed by atoms with Crippen LogP contribution in [0.2, 0.25) is 4.34 Å². The number of thiophene rings is 1. The zero-order chi connectivity index (χ0) is 21.1. The van der Waals surface area contributed by atoms with Crippen LogP contribution in [0, 0.1) is 5.82 Å². The summed E-state index contributed by atoms with van der Waals surface area (Å²) in [4.78, 5) is 22.7. The van der Waals surface area contributed by atoms with E-state index in [1.54, 1.807) is 30.3 Å². The average molecular weight is 451 g/mol. The van der Waals surface area contributed by atoms with Crippen LogP contribution in [0.1, 0.15) is 21.7 Å². The minimum atomic E-state index is -0.389. The number of benzene rings is 1. The molecule has 0 radical (unpaired) electrons. The van der Waals surface area contributed by atoms with Gasteiger partial charge < -0.3 is 15.1 Å². The van der Waals surface area contributed by atoms with Crippen LogP contribution in [-0.4, -0.2) is 56.7 Å². The molecule has 160 valence electrons. The van der Waals surface area contributed by atoms with Crippen molar-refractivity contribution in [2.75, 3.05) is 44.7 Å². The number of likely N-dealkylation sites (N-methyl/N-ethyl adjacent to an activating group) is 1. The Labute approximate surface area is 184 Å². The second-order valence-electron chi connectivity index (χ2n) is 7.46. The van der Waals surface area contributed by atoms with Crippen molar-refractivity contribution < 1.29 is 14.0 Å². The van der Waals surface area contributed by atoms with Gasteiger partial charge in [0.1, 0.15) is 11.9 Å². The molecule has 1 aromatic carbocycles. The normalized spacial score (nSPS) is 19.9. The van der Waals surface area contributed by atoms with Crippen molar-refractivity contribution in [2.24, 2.45) is 0 Å². The van der Waals surface area contributed by atoms with Gasteiger partial charge in [0.2, 0.25) is 0 Å². The van der Waals surface area contributed by atoms with E-state index in [-0.39, 0.29) is 24.4 Å². The van der Waals surface area contributed by atoms with E-state index >= 15 is 0 Å². The second-order valence-corrected chi connectivity index (χ2v) is 9.18. The van der Waals surface area contributed by atoms with Gasteiger partial charge in [-0.15, -0.1) is 11.3 Å². The van der Waals surface area contributed by atoms with Crippen LogP contribution < -0.4 is 15.7 Å². The van der Waals surface area contributed by atoms with Gasteiger partial charge in [-0.2, -0.15) is 0 Å². The summed E-state index contributed by atoms with van der Waals surface area (Å²) in [5.41, 5.74) is 4.68. The highest BCUT2D eigenvalue weighted by molar-refractivity contribution is 7.17. The minimum Gasteiger partial charge on any atom is -0.370 e. The third kappa shape index (κ3) is 4.95. The lowest BCUT2D eigenvalue weighted by Crippen LogP contribution is -2.31. The van der Waals surface area contributed by atoms with E-state index < -0.39 is 0 Å². The number of carbonyl (C=O) groups excluding carboxylic acids is 1. The highest BCUT2D eigenvalue weighted by Crippen LogP contribution is 2.26. The van der Waals surface area contributed by atoms with Crippen LogP contribution in [0.25, 0.3) is 5.70 Å².